The van der Waals surface area contributed by atoms with E-state index in [2.05, 4.69) is 36.5 Å². The van der Waals surface area contributed by atoms with Crippen molar-refractivity contribution in [3.63, 3.8) is 0 Å². The van der Waals surface area contributed by atoms with Gasteiger partial charge in [0.2, 0.25) is 5.91 Å². The monoisotopic (exact) mass is 316 g/mol. The van der Waals surface area contributed by atoms with Crippen LogP contribution in [0.4, 0.5) is 5.82 Å². The second-order valence-corrected chi connectivity index (χ2v) is 5.06. The molecule has 0 saturated heterocycles. The maximum Gasteiger partial charge on any atom is 0.267 e. The largest absolute Gasteiger partial charge is 0.368 e. The molecule has 1 amide bonds. The fourth-order valence-corrected chi connectivity index (χ4v) is 1.56. The second-order valence-electron chi connectivity index (χ2n) is 4.27. The number of aromatic amines is 1. The zero-order valence-corrected chi connectivity index (χ0v) is 12.0. The Morgan fingerprint density at radius 2 is 2.28 bits per heavy atom. The summed E-state index contributed by atoms with van der Waals surface area (Å²) in [6.45, 7) is 5.18. The molecule has 100 valence electrons. The first-order chi connectivity index (χ1) is 8.50. The first-order valence-electron chi connectivity index (χ1n) is 5.74. The van der Waals surface area contributed by atoms with Crippen LogP contribution in [0.5, 0.6) is 0 Å². The molecule has 0 atom stereocenters. The topological polar surface area (TPSA) is 86.9 Å². The third-order valence-corrected chi connectivity index (χ3v) is 2.88. The van der Waals surface area contributed by atoms with E-state index >= 15 is 0 Å². The van der Waals surface area contributed by atoms with E-state index in [-0.39, 0.29) is 11.5 Å². The van der Waals surface area contributed by atoms with Crippen LogP contribution in [0, 0.1) is 5.92 Å². The number of anilines is 1. The van der Waals surface area contributed by atoms with Gasteiger partial charge in [0.1, 0.15) is 10.3 Å². The fourth-order valence-electron chi connectivity index (χ4n) is 1.21. The van der Waals surface area contributed by atoms with Crippen LogP contribution in [0.1, 0.15) is 20.3 Å². The van der Waals surface area contributed by atoms with Gasteiger partial charge in [-0.2, -0.15) is 0 Å². The molecule has 0 unspecified atom stereocenters. The van der Waals surface area contributed by atoms with E-state index < -0.39 is 0 Å². The number of carbonyl (C=O) groups is 1. The van der Waals surface area contributed by atoms with Crippen LogP contribution in [0.25, 0.3) is 0 Å². The lowest BCUT2D eigenvalue weighted by molar-refractivity contribution is -0.120. The van der Waals surface area contributed by atoms with E-state index in [4.69, 9.17) is 0 Å². The molecule has 1 heterocycles. The van der Waals surface area contributed by atoms with Gasteiger partial charge in [-0.25, -0.2) is 4.98 Å². The summed E-state index contributed by atoms with van der Waals surface area (Å²) in [5.41, 5.74) is -0.253. The Labute approximate surface area is 114 Å². The van der Waals surface area contributed by atoms with Crippen LogP contribution in [0.3, 0.4) is 0 Å². The van der Waals surface area contributed by atoms with E-state index in [0.717, 1.165) is 0 Å². The molecule has 0 radical (unpaired) electrons. The molecule has 0 spiro atoms. The summed E-state index contributed by atoms with van der Waals surface area (Å²) in [5, 5.41) is 5.75. The van der Waals surface area contributed by atoms with Crippen LogP contribution in [-0.2, 0) is 4.79 Å². The Kier molecular flexibility index (Phi) is 5.84. The average molecular weight is 317 g/mol. The number of carbonyl (C=O) groups excluding carboxylic acids is 1. The molecule has 0 aliphatic rings. The summed E-state index contributed by atoms with van der Waals surface area (Å²) < 4.78 is 0.340. The molecule has 0 saturated carbocycles. The number of hydrogen-bond donors (Lipinski definition) is 3. The average Bonchev–Trinajstić information content (AvgIpc) is 2.32. The van der Waals surface area contributed by atoms with E-state index in [1.807, 2.05) is 13.8 Å². The van der Waals surface area contributed by atoms with Crippen LogP contribution < -0.4 is 16.2 Å². The molecule has 3 N–H and O–H groups in total. The lowest BCUT2D eigenvalue weighted by atomic mass is 10.2. The van der Waals surface area contributed by atoms with Gasteiger partial charge in [-0.15, -0.1) is 0 Å². The van der Waals surface area contributed by atoms with Gasteiger partial charge in [0.15, 0.2) is 0 Å². The van der Waals surface area contributed by atoms with Crippen molar-refractivity contribution in [2.24, 2.45) is 5.92 Å². The predicted molar refractivity (Wildman–Crippen MR) is 73.5 cm³/mol. The number of nitrogens with one attached hydrogen (secondary N) is 3. The Morgan fingerprint density at radius 1 is 1.56 bits per heavy atom. The van der Waals surface area contributed by atoms with Crippen molar-refractivity contribution in [1.29, 1.82) is 0 Å². The van der Waals surface area contributed by atoms with Crippen molar-refractivity contribution < 1.29 is 4.79 Å². The minimum Gasteiger partial charge on any atom is -0.368 e. The molecular formula is C11H17BrN4O2. The molecule has 0 aliphatic heterocycles. The van der Waals surface area contributed by atoms with Crippen molar-refractivity contribution in [2.45, 2.75) is 20.3 Å². The molecule has 0 bridgehead atoms. The zero-order valence-electron chi connectivity index (χ0n) is 10.4. The minimum absolute atomic E-state index is 0.0165. The summed E-state index contributed by atoms with van der Waals surface area (Å²) >= 11 is 3.13. The van der Waals surface area contributed by atoms with Gasteiger partial charge in [-0.3, -0.25) is 9.59 Å². The third-order valence-electron chi connectivity index (χ3n) is 2.15. The third kappa shape index (κ3) is 4.87. The normalized spacial score (nSPS) is 10.4. The highest BCUT2D eigenvalue weighted by Gasteiger charge is 2.06. The SMILES string of the molecule is CC(C)CNC(=O)CCNc1nc[nH]c(=O)c1Br. The summed E-state index contributed by atoms with van der Waals surface area (Å²) in [5.74, 6) is 0.859. The highest BCUT2D eigenvalue weighted by atomic mass is 79.9. The van der Waals surface area contributed by atoms with Gasteiger partial charge in [-0.1, -0.05) is 13.8 Å². The number of amides is 1. The Bertz CT molecular complexity index is 459. The van der Waals surface area contributed by atoms with Crippen molar-refractivity contribution in [3.05, 3.63) is 21.2 Å². The standard InChI is InChI=1S/C11H17BrN4O2/c1-7(2)5-14-8(17)3-4-13-10-9(12)11(18)16-6-15-10/h6-7H,3-5H2,1-2H3,(H,14,17)(H2,13,15,16,18). The molecule has 1 rings (SSSR count). The van der Waals surface area contributed by atoms with E-state index in [1.54, 1.807) is 0 Å². The summed E-state index contributed by atoms with van der Waals surface area (Å²) in [7, 11) is 0. The van der Waals surface area contributed by atoms with E-state index in [0.29, 0.717) is 35.7 Å². The first kappa shape index (κ1) is 14.7. The molecule has 0 aliphatic carbocycles. The summed E-state index contributed by atoms with van der Waals surface area (Å²) in [4.78, 5) is 29.1. The van der Waals surface area contributed by atoms with Crippen LogP contribution in [-0.4, -0.2) is 29.0 Å². The van der Waals surface area contributed by atoms with E-state index in [9.17, 15) is 9.59 Å². The maximum atomic E-state index is 11.4. The molecular weight excluding hydrogens is 300 g/mol. The number of halogens is 1. The van der Waals surface area contributed by atoms with Crippen molar-refractivity contribution in [3.8, 4) is 0 Å². The minimum atomic E-state index is -0.253. The fraction of sp³-hybridized carbons (Fsp3) is 0.545. The Balaban J connectivity index is 2.35. The van der Waals surface area contributed by atoms with Gasteiger partial charge >= 0.3 is 0 Å². The van der Waals surface area contributed by atoms with Crippen molar-refractivity contribution >= 4 is 27.7 Å². The number of nitrogens with zero attached hydrogens (tertiary/aromatic N) is 1. The Hall–Kier alpha value is -1.37. The van der Waals surface area contributed by atoms with Gasteiger partial charge in [0.25, 0.3) is 5.56 Å². The number of hydrogen-bond acceptors (Lipinski definition) is 4. The predicted octanol–water partition coefficient (Wildman–Crippen LogP) is 1.11. The van der Waals surface area contributed by atoms with Gasteiger partial charge in [-0.05, 0) is 21.8 Å². The Morgan fingerprint density at radius 3 is 2.94 bits per heavy atom. The van der Waals surface area contributed by atoms with Crippen LogP contribution in [0.2, 0.25) is 0 Å². The number of rotatable bonds is 6. The molecule has 0 fully saturated rings. The van der Waals surface area contributed by atoms with Gasteiger partial charge in [0, 0.05) is 19.5 Å². The smallest absolute Gasteiger partial charge is 0.267 e. The molecule has 1 aromatic rings. The zero-order chi connectivity index (χ0) is 13.5. The maximum absolute atomic E-state index is 11.4. The summed E-state index contributed by atoms with van der Waals surface area (Å²) in [6, 6.07) is 0. The lowest BCUT2D eigenvalue weighted by Crippen LogP contribution is -2.28. The number of aromatic nitrogens is 2. The van der Waals surface area contributed by atoms with Crippen molar-refractivity contribution in [2.75, 3.05) is 18.4 Å². The van der Waals surface area contributed by atoms with Gasteiger partial charge in [0.05, 0.1) is 6.33 Å². The molecule has 18 heavy (non-hydrogen) atoms. The quantitative estimate of drug-likeness (QED) is 0.733. The van der Waals surface area contributed by atoms with Crippen LogP contribution >= 0.6 is 15.9 Å². The van der Waals surface area contributed by atoms with Crippen LogP contribution in [0.15, 0.2) is 15.6 Å². The summed E-state index contributed by atoms with van der Waals surface area (Å²) in [6.07, 6.45) is 1.65. The highest BCUT2D eigenvalue weighted by Crippen LogP contribution is 2.12. The molecule has 0 aromatic carbocycles. The van der Waals surface area contributed by atoms with Gasteiger partial charge < -0.3 is 15.6 Å². The molecule has 6 nitrogen and oxygen atoms in total. The first-order valence-corrected chi connectivity index (χ1v) is 6.53. The second kappa shape index (κ2) is 7.15. The molecule has 1 aromatic heterocycles. The number of H-pyrrole nitrogens is 1. The van der Waals surface area contributed by atoms with E-state index in [1.165, 1.54) is 6.33 Å². The highest BCUT2D eigenvalue weighted by molar-refractivity contribution is 9.10. The van der Waals surface area contributed by atoms with Crippen molar-refractivity contribution in [1.82, 2.24) is 15.3 Å². The lowest BCUT2D eigenvalue weighted by Gasteiger charge is -2.09. The molecule has 7 heteroatoms.